The van der Waals surface area contributed by atoms with E-state index in [2.05, 4.69) is 15.4 Å². The van der Waals surface area contributed by atoms with Crippen molar-refractivity contribution in [2.24, 2.45) is 5.14 Å². The highest BCUT2D eigenvalue weighted by Crippen LogP contribution is 2.32. The number of hydrogen-bond acceptors (Lipinski definition) is 9. The van der Waals surface area contributed by atoms with Crippen LogP contribution in [0.5, 0.6) is 17.2 Å². The quantitative estimate of drug-likeness (QED) is 0.272. The van der Waals surface area contributed by atoms with E-state index in [0.717, 1.165) is 11.3 Å². The first kappa shape index (κ1) is 28.1. The average Bonchev–Trinajstić information content (AvgIpc) is 3.55. The molecule has 5 rings (SSSR count). The molecule has 1 aliphatic rings. The van der Waals surface area contributed by atoms with E-state index in [4.69, 9.17) is 14.7 Å². The number of nitrogens with zero attached hydrogens (tertiary/aromatic N) is 5. The lowest BCUT2D eigenvalue weighted by molar-refractivity contribution is -0.125. The molecular formula is C28H31N7O5S. The van der Waals surface area contributed by atoms with Gasteiger partial charge in [0.05, 0.1) is 5.39 Å². The van der Waals surface area contributed by atoms with Gasteiger partial charge in [-0.25, -0.2) is 18.5 Å². The minimum absolute atomic E-state index is 0.0354. The predicted octanol–water partition coefficient (Wildman–Crippen LogP) is 2.84. The maximum atomic E-state index is 12.6. The number of pyridine rings is 1. The van der Waals surface area contributed by atoms with Crippen LogP contribution in [-0.2, 0) is 14.8 Å². The number of para-hydroxylation sites is 1. The summed E-state index contributed by atoms with van der Waals surface area (Å²) in [5.41, 5.74) is 0.373. The van der Waals surface area contributed by atoms with Gasteiger partial charge in [-0.05, 0) is 56.9 Å². The number of aromatic nitrogens is 3. The van der Waals surface area contributed by atoms with Gasteiger partial charge < -0.3 is 24.7 Å². The number of nitrogens with two attached hydrogens (primary N) is 1. The second kappa shape index (κ2) is 12.0. The Labute approximate surface area is 238 Å². The van der Waals surface area contributed by atoms with Gasteiger partial charge >= 0.3 is 0 Å². The molecule has 1 aliphatic heterocycles. The van der Waals surface area contributed by atoms with Crippen LogP contribution in [0.1, 0.15) is 6.42 Å². The number of primary sulfonamides is 1. The Morgan fingerprint density at radius 2 is 1.95 bits per heavy atom. The largest absolute Gasteiger partial charge is 0.457 e. The first-order valence-corrected chi connectivity index (χ1v) is 14.5. The van der Waals surface area contributed by atoms with Gasteiger partial charge in [-0.1, -0.05) is 29.1 Å². The summed E-state index contributed by atoms with van der Waals surface area (Å²) in [7, 11) is -0.303. The highest BCUT2D eigenvalue weighted by molar-refractivity contribution is 7.89. The van der Waals surface area contributed by atoms with Crippen LogP contribution in [0.2, 0.25) is 0 Å². The molecule has 4 aromatic rings. The lowest BCUT2D eigenvalue weighted by atomic mass is 10.2. The Kier molecular flexibility index (Phi) is 8.19. The zero-order chi connectivity index (χ0) is 29.0. The van der Waals surface area contributed by atoms with Crippen LogP contribution in [-0.4, -0.2) is 78.8 Å². The van der Waals surface area contributed by atoms with Crippen LogP contribution < -0.4 is 20.0 Å². The van der Waals surface area contributed by atoms with Crippen molar-refractivity contribution in [1.82, 2.24) is 24.7 Å². The Hall–Kier alpha value is -4.46. The van der Waals surface area contributed by atoms with Gasteiger partial charge in [0, 0.05) is 44.0 Å². The second-order valence-corrected chi connectivity index (χ2v) is 11.4. The molecule has 1 atom stereocenters. The number of amides is 1. The summed E-state index contributed by atoms with van der Waals surface area (Å²) >= 11 is 0. The first-order valence-electron chi connectivity index (χ1n) is 13.0. The number of carbonyl (C=O) groups excluding carboxylic acids is 1. The molecule has 2 aromatic heterocycles. The average molecular weight is 578 g/mol. The molecule has 41 heavy (non-hydrogen) atoms. The van der Waals surface area contributed by atoms with E-state index in [0.29, 0.717) is 42.2 Å². The number of likely N-dealkylation sites (N-methyl/N-ethyl adjacent to an activating group) is 1. The topological polar surface area (TPSA) is 145 Å². The molecule has 13 heteroatoms. The van der Waals surface area contributed by atoms with Crippen LogP contribution in [0.25, 0.3) is 11.0 Å². The molecule has 0 aliphatic carbocycles. The zero-order valence-electron chi connectivity index (χ0n) is 22.7. The molecule has 1 amide bonds. The van der Waals surface area contributed by atoms with Crippen molar-refractivity contribution < 1.29 is 22.8 Å². The maximum Gasteiger partial charge on any atom is 0.246 e. The number of sulfonamides is 1. The molecule has 3 N–H and O–H groups in total. The maximum absolute atomic E-state index is 12.6. The lowest BCUT2D eigenvalue weighted by Gasteiger charge is -2.15. The fraction of sp³-hybridized carbons (Fsp3) is 0.250. The fourth-order valence-electron chi connectivity index (χ4n) is 4.41. The van der Waals surface area contributed by atoms with Gasteiger partial charge in [-0.2, -0.15) is 0 Å². The summed E-state index contributed by atoms with van der Waals surface area (Å²) in [6, 6.07) is 16.8. The summed E-state index contributed by atoms with van der Waals surface area (Å²) in [5.74, 6) is 1.23. The number of ether oxygens (including phenoxy) is 1. The second-order valence-electron chi connectivity index (χ2n) is 9.83. The number of nitrogens with one attached hydrogen (secondary N) is 1. The van der Waals surface area contributed by atoms with Crippen molar-refractivity contribution in [2.45, 2.75) is 17.4 Å². The number of benzene rings is 2. The van der Waals surface area contributed by atoms with Crippen molar-refractivity contribution in [2.75, 3.05) is 39.0 Å². The molecule has 0 radical (unpaired) electrons. The van der Waals surface area contributed by atoms with E-state index in [9.17, 15) is 13.2 Å². The summed E-state index contributed by atoms with van der Waals surface area (Å²) in [6.07, 6.45) is 5.77. The normalized spacial score (nSPS) is 15.6. The summed E-state index contributed by atoms with van der Waals surface area (Å²) in [5, 5.41) is 14.1. The molecule has 3 heterocycles. The van der Waals surface area contributed by atoms with E-state index in [-0.39, 0.29) is 28.3 Å². The standard InChI is InChI=1S/C28H31N7O5S/c1-33(2)16-7-11-26(36)34-17-14-20(19-34)31-27-23-10-6-15-30-28(23)35(32-27)40-24-13-12-22(18-25(24)41(29,37)38)39-21-8-4-3-5-9-21/h3-13,15,18,20H,14,16-17,19H2,1-2H3,(H,31,32)(H2,29,37,38). The third-order valence-corrected chi connectivity index (χ3v) is 7.30. The number of anilines is 1. The van der Waals surface area contributed by atoms with Crippen LogP contribution in [0.4, 0.5) is 5.82 Å². The van der Waals surface area contributed by atoms with E-state index in [1.807, 2.05) is 37.2 Å². The summed E-state index contributed by atoms with van der Waals surface area (Å²) in [4.78, 5) is 27.5. The Morgan fingerprint density at radius 1 is 1.15 bits per heavy atom. The van der Waals surface area contributed by atoms with E-state index >= 15 is 0 Å². The molecule has 0 spiro atoms. The predicted molar refractivity (Wildman–Crippen MR) is 154 cm³/mol. The van der Waals surface area contributed by atoms with Gasteiger partial charge in [0.25, 0.3) is 0 Å². The smallest absolute Gasteiger partial charge is 0.246 e. The minimum Gasteiger partial charge on any atom is -0.457 e. The first-order chi connectivity index (χ1) is 19.7. The molecule has 12 nitrogen and oxygen atoms in total. The number of carbonyl (C=O) groups is 1. The highest BCUT2D eigenvalue weighted by Gasteiger charge is 2.27. The van der Waals surface area contributed by atoms with Crippen molar-refractivity contribution in [1.29, 1.82) is 0 Å². The van der Waals surface area contributed by atoms with Gasteiger partial charge in [0.1, 0.15) is 16.4 Å². The molecule has 214 valence electrons. The van der Waals surface area contributed by atoms with Crippen molar-refractivity contribution >= 4 is 32.8 Å². The van der Waals surface area contributed by atoms with Crippen molar-refractivity contribution in [3.8, 4) is 17.2 Å². The number of hydrogen-bond donors (Lipinski definition) is 2. The van der Waals surface area contributed by atoms with Gasteiger partial charge in [-0.15, -0.1) is 5.10 Å². The minimum atomic E-state index is -4.19. The SMILES string of the molecule is CN(C)CC=CC(=O)N1CCC(Nc2nn(Oc3ccc(Oc4ccccc4)cc3S(N)(=O)=O)c3ncccc23)C1. The van der Waals surface area contributed by atoms with E-state index in [1.54, 1.807) is 53.6 Å². The molecule has 1 unspecified atom stereocenters. The molecule has 1 fully saturated rings. The van der Waals surface area contributed by atoms with Crippen LogP contribution in [0.3, 0.4) is 0 Å². The summed E-state index contributed by atoms with van der Waals surface area (Å²) in [6.45, 7) is 1.82. The van der Waals surface area contributed by atoms with Crippen LogP contribution in [0.15, 0.2) is 83.9 Å². The molecular weight excluding hydrogens is 546 g/mol. The highest BCUT2D eigenvalue weighted by atomic mass is 32.2. The van der Waals surface area contributed by atoms with Crippen molar-refractivity contribution in [3.05, 3.63) is 79.0 Å². The molecule has 1 saturated heterocycles. The Balaban J connectivity index is 1.36. The van der Waals surface area contributed by atoms with Crippen LogP contribution in [0, 0.1) is 0 Å². The van der Waals surface area contributed by atoms with Crippen LogP contribution >= 0.6 is 0 Å². The molecule has 2 aromatic carbocycles. The Bertz CT molecular complexity index is 1670. The molecule has 0 saturated carbocycles. The van der Waals surface area contributed by atoms with E-state index in [1.165, 1.54) is 12.1 Å². The number of fused-ring (bicyclic) bond motifs is 1. The Morgan fingerprint density at radius 3 is 2.71 bits per heavy atom. The van der Waals surface area contributed by atoms with Gasteiger partial charge in [0.2, 0.25) is 21.6 Å². The number of rotatable bonds is 10. The third kappa shape index (κ3) is 6.82. The van der Waals surface area contributed by atoms with Crippen molar-refractivity contribution in [3.63, 3.8) is 0 Å². The van der Waals surface area contributed by atoms with Gasteiger partial charge in [0.15, 0.2) is 11.6 Å². The monoisotopic (exact) mass is 577 g/mol. The fourth-order valence-corrected chi connectivity index (χ4v) is 5.07. The van der Waals surface area contributed by atoms with E-state index < -0.39 is 10.0 Å². The summed E-state index contributed by atoms with van der Waals surface area (Å²) < 4.78 is 30.7. The number of likely N-dealkylation sites (tertiary alicyclic amines) is 1. The third-order valence-electron chi connectivity index (χ3n) is 6.37. The lowest BCUT2D eigenvalue weighted by Crippen LogP contribution is -2.30. The molecule has 0 bridgehead atoms. The zero-order valence-corrected chi connectivity index (χ0v) is 23.5. The van der Waals surface area contributed by atoms with Gasteiger partial charge in [-0.3, -0.25) is 4.79 Å².